The molecule has 0 amide bonds. The van der Waals surface area contributed by atoms with Crippen molar-refractivity contribution < 1.29 is 19.0 Å². The van der Waals surface area contributed by atoms with Crippen molar-refractivity contribution in [2.45, 2.75) is 13.0 Å². The number of hydrogen-bond acceptors (Lipinski definition) is 4. The van der Waals surface area contributed by atoms with Gasteiger partial charge < -0.3 is 19.0 Å². The van der Waals surface area contributed by atoms with Gasteiger partial charge in [-0.1, -0.05) is 0 Å². The van der Waals surface area contributed by atoms with Gasteiger partial charge in [-0.15, -0.1) is 0 Å². The molecule has 0 saturated heterocycles. The van der Waals surface area contributed by atoms with Gasteiger partial charge in [0.1, 0.15) is 12.9 Å². The predicted octanol–water partition coefficient (Wildman–Crippen LogP) is 0.725. The largest absolute Gasteiger partial charge is 0.475 e. The van der Waals surface area contributed by atoms with Crippen molar-refractivity contribution in [2.75, 3.05) is 20.5 Å². The first kappa shape index (κ1) is 11.1. The fraction of sp³-hybridized carbons (Fsp3) is 0.625. The molecule has 0 aromatic carbocycles. The van der Waals surface area contributed by atoms with E-state index in [-0.39, 0.29) is 19.5 Å². The minimum Gasteiger partial charge on any atom is -0.475 e. The molecule has 0 radical (unpaired) electrons. The molecule has 0 aliphatic heterocycles. The van der Waals surface area contributed by atoms with Gasteiger partial charge in [-0.2, -0.15) is 0 Å². The van der Waals surface area contributed by atoms with Crippen molar-refractivity contribution >= 4 is 6.29 Å². The summed E-state index contributed by atoms with van der Waals surface area (Å²) in [7, 11) is 1.54. The van der Waals surface area contributed by atoms with Crippen molar-refractivity contribution in [3.05, 3.63) is 12.3 Å². The highest BCUT2D eigenvalue weighted by Gasteiger charge is 1.93. The van der Waals surface area contributed by atoms with Crippen molar-refractivity contribution in [3.63, 3.8) is 0 Å². The van der Waals surface area contributed by atoms with Crippen LogP contribution in [-0.2, 0) is 19.0 Å². The van der Waals surface area contributed by atoms with Gasteiger partial charge in [0.15, 0.2) is 6.79 Å². The number of carbonyl (C=O) groups excluding carboxylic acids is 1. The van der Waals surface area contributed by atoms with Crippen LogP contribution < -0.4 is 0 Å². The zero-order valence-electron chi connectivity index (χ0n) is 7.36. The lowest BCUT2D eigenvalue weighted by Crippen LogP contribution is -2.06. The van der Waals surface area contributed by atoms with E-state index in [1.54, 1.807) is 13.2 Å². The lowest BCUT2D eigenvalue weighted by molar-refractivity contribution is -0.112. The molecule has 4 nitrogen and oxygen atoms in total. The van der Waals surface area contributed by atoms with E-state index in [1.807, 2.05) is 6.92 Å². The second-order valence-electron chi connectivity index (χ2n) is 2.11. The Bertz CT molecular complexity index is 133. The number of carbonyl (C=O) groups is 1. The quantitative estimate of drug-likeness (QED) is 0.247. The summed E-state index contributed by atoms with van der Waals surface area (Å²) in [5.74, 6) is 0. The van der Waals surface area contributed by atoms with Crippen molar-refractivity contribution in [1.29, 1.82) is 0 Å². The maximum atomic E-state index is 9.89. The standard InChI is InChI=1S/C8H14O4/c1-8(12-6-4-9)3-5-11-7-10-2/h3-5,8H,6-7H2,1-2H3. The monoisotopic (exact) mass is 174 g/mol. The summed E-state index contributed by atoms with van der Waals surface area (Å²) in [4.78, 5) is 9.89. The summed E-state index contributed by atoms with van der Waals surface area (Å²) in [6, 6.07) is 0. The van der Waals surface area contributed by atoms with Crippen LogP contribution in [0.2, 0.25) is 0 Å². The Balaban J connectivity index is 3.32. The number of ether oxygens (including phenoxy) is 3. The first-order valence-electron chi connectivity index (χ1n) is 3.63. The Morgan fingerprint density at radius 3 is 2.83 bits per heavy atom. The smallest absolute Gasteiger partial charge is 0.187 e. The van der Waals surface area contributed by atoms with E-state index in [4.69, 9.17) is 9.47 Å². The molecule has 0 bridgehead atoms. The van der Waals surface area contributed by atoms with E-state index in [0.29, 0.717) is 6.29 Å². The van der Waals surface area contributed by atoms with E-state index in [9.17, 15) is 4.79 Å². The molecule has 1 atom stereocenters. The van der Waals surface area contributed by atoms with Crippen LogP contribution >= 0.6 is 0 Å². The first-order valence-corrected chi connectivity index (χ1v) is 3.63. The summed E-state index contributed by atoms with van der Waals surface area (Å²) in [6.07, 6.45) is 3.77. The number of rotatable bonds is 7. The third-order valence-electron chi connectivity index (χ3n) is 1.06. The van der Waals surface area contributed by atoms with Crippen LogP contribution in [0.1, 0.15) is 6.92 Å². The number of methoxy groups -OCH3 is 1. The predicted molar refractivity (Wildman–Crippen MR) is 43.6 cm³/mol. The summed E-state index contributed by atoms with van der Waals surface area (Å²) in [6.45, 7) is 2.14. The average molecular weight is 174 g/mol. The highest BCUT2D eigenvalue weighted by Crippen LogP contribution is 1.91. The molecule has 0 fully saturated rings. The van der Waals surface area contributed by atoms with Gasteiger partial charge in [0, 0.05) is 7.11 Å². The van der Waals surface area contributed by atoms with E-state index < -0.39 is 0 Å². The van der Waals surface area contributed by atoms with E-state index in [1.165, 1.54) is 6.26 Å². The minimum absolute atomic E-state index is 0.107. The third-order valence-corrected chi connectivity index (χ3v) is 1.06. The lowest BCUT2D eigenvalue weighted by Gasteiger charge is -2.04. The van der Waals surface area contributed by atoms with Gasteiger partial charge in [-0.25, -0.2) is 0 Å². The van der Waals surface area contributed by atoms with Gasteiger partial charge >= 0.3 is 0 Å². The second kappa shape index (κ2) is 8.23. The molecule has 0 N–H and O–H groups in total. The first-order chi connectivity index (χ1) is 5.81. The topological polar surface area (TPSA) is 44.8 Å². The van der Waals surface area contributed by atoms with Crippen molar-refractivity contribution in [1.82, 2.24) is 0 Å². The number of hydrogen-bond donors (Lipinski definition) is 0. The minimum atomic E-state index is -0.118. The van der Waals surface area contributed by atoms with E-state index in [0.717, 1.165) is 0 Å². The van der Waals surface area contributed by atoms with Crippen molar-refractivity contribution in [2.24, 2.45) is 0 Å². The van der Waals surface area contributed by atoms with Crippen LogP contribution in [-0.4, -0.2) is 32.9 Å². The van der Waals surface area contributed by atoms with Crippen LogP contribution in [0.3, 0.4) is 0 Å². The molecule has 70 valence electrons. The summed E-state index contributed by atoms with van der Waals surface area (Å²) in [5, 5.41) is 0. The molecular formula is C8H14O4. The van der Waals surface area contributed by atoms with Gasteiger partial charge in [0.05, 0.1) is 12.4 Å². The van der Waals surface area contributed by atoms with Gasteiger partial charge in [-0.05, 0) is 13.0 Å². The maximum Gasteiger partial charge on any atom is 0.187 e. The summed E-state index contributed by atoms with van der Waals surface area (Å²) in [5.41, 5.74) is 0. The molecule has 0 aromatic heterocycles. The zero-order chi connectivity index (χ0) is 9.23. The molecule has 0 heterocycles. The molecule has 0 aliphatic rings. The van der Waals surface area contributed by atoms with Gasteiger partial charge in [-0.3, -0.25) is 0 Å². The summed E-state index contributed by atoms with van der Waals surface area (Å²) < 4.78 is 14.5. The molecule has 4 heteroatoms. The van der Waals surface area contributed by atoms with Crippen LogP contribution in [0, 0.1) is 0 Å². The Morgan fingerprint density at radius 1 is 1.50 bits per heavy atom. The van der Waals surface area contributed by atoms with E-state index in [2.05, 4.69) is 4.74 Å². The fourth-order valence-electron chi connectivity index (χ4n) is 0.520. The molecular weight excluding hydrogens is 160 g/mol. The van der Waals surface area contributed by atoms with Crippen LogP contribution in [0.15, 0.2) is 12.3 Å². The third kappa shape index (κ3) is 7.24. The average Bonchev–Trinajstić information content (AvgIpc) is 2.09. The fourth-order valence-corrected chi connectivity index (χ4v) is 0.520. The van der Waals surface area contributed by atoms with Crippen LogP contribution in [0.5, 0.6) is 0 Å². The Kier molecular flexibility index (Phi) is 7.63. The highest BCUT2D eigenvalue weighted by molar-refractivity contribution is 5.50. The van der Waals surface area contributed by atoms with Crippen LogP contribution in [0.25, 0.3) is 0 Å². The Morgan fingerprint density at radius 2 is 2.25 bits per heavy atom. The molecule has 1 unspecified atom stereocenters. The second-order valence-corrected chi connectivity index (χ2v) is 2.11. The van der Waals surface area contributed by atoms with E-state index >= 15 is 0 Å². The maximum absolute atomic E-state index is 9.89. The van der Waals surface area contributed by atoms with Gasteiger partial charge in [0.2, 0.25) is 0 Å². The normalized spacial score (nSPS) is 13.2. The van der Waals surface area contributed by atoms with Crippen molar-refractivity contribution in [3.8, 4) is 0 Å². The van der Waals surface area contributed by atoms with Crippen LogP contribution in [0.4, 0.5) is 0 Å². The molecule has 0 rings (SSSR count). The lowest BCUT2D eigenvalue weighted by atomic mass is 10.4. The molecule has 0 spiro atoms. The Labute approximate surface area is 72.1 Å². The highest BCUT2D eigenvalue weighted by atomic mass is 16.7. The number of aldehydes is 1. The molecule has 0 aliphatic carbocycles. The molecule has 12 heavy (non-hydrogen) atoms. The van der Waals surface area contributed by atoms with Gasteiger partial charge in [0.25, 0.3) is 0 Å². The SMILES string of the molecule is COCOC=CC(C)OCC=O. The Hall–Kier alpha value is -0.870. The summed E-state index contributed by atoms with van der Waals surface area (Å²) >= 11 is 0. The zero-order valence-corrected chi connectivity index (χ0v) is 7.36. The molecule has 0 saturated carbocycles. The molecule has 0 aromatic rings.